The van der Waals surface area contributed by atoms with Crippen LogP contribution in [0.1, 0.15) is 11.1 Å². The normalized spacial score (nSPS) is 14.2. The number of aliphatic hydroxyl groups excluding tert-OH is 1. The van der Waals surface area contributed by atoms with E-state index >= 15 is 0 Å². The third kappa shape index (κ3) is 2.48. The average Bonchev–Trinajstić information content (AvgIpc) is 2.63. The molecular weight excluding hydrogens is 216 g/mol. The van der Waals surface area contributed by atoms with Crippen LogP contribution in [0.4, 0.5) is 5.69 Å². The van der Waals surface area contributed by atoms with Gasteiger partial charge in [-0.2, -0.15) is 0 Å². The number of rotatable bonds is 5. The van der Waals surface area contributed by atoms with Crippen LogP contribution in [0.5, 0.6) is 0 Å². The molecule has 0 saturated carbocycles. The molecule has 0 fully saturated rings. The summed E-state index contributed by atoms with van der Waals surface area (Å²) in [4.78, 5) is 13.4. The first kappa shape index (κ1) is 12.1. The lowest BCUT2D eigenvalue weighted by atomic mass is 10.1. The number of benzene rings is 1. The summed E-state index contributed by atoms with van der Waals surface area (Å²) >= 11 is 0. The highest BCUT2D eigenvalue weighted by atomic mass is 16.3. The number of β-amino-alcohol motifs (C(OH)–C–C–N with tert-alkyl or cyclic N) is 1. The maximum atomic E-state index is 11.7. The molecule has 1 aromatic rings. The Bertz CT molecular complexity index is 418. The van der Waals surface area contributed by atoms with Crippen LogP contribution < -0.4 is 10.2 Å². The van der Waals surface area contributed by atoms with Gasteiger partial charge in [-0.1, -0.05) is 12.1 Å². The fourth-order valence-corrected chi connectivity index (χ4v) is 2.21. The van der Waals surface area contributed by atoms with Crippen LogP contribution in [-0.2, 0) is 17.6 Å². The first-order chi connectivity index (χ1) is 8.26. The predicted octanol–water partition coefficient (Wildman–Crippen LogP) is 0.330. The highest BCUT2D eigenvalue weighted by Crippen LogP contribution is 2.29. The lowest BCUT2D eigenvalue weighted by Gasteiger charge is -2.16. The molecule has 0 spiro atoms. The van der Waals surface area contributed by atoms with Gasteiger partial charge in [0.25, 0.3) is 0 Å². The Morgan fingerprint density at radius 1 is 1.47 bits per heavy atom. The first-order valence-corrected chi connectivity index (χ1v) is 5.94. The molecule has 4 heteroatoms. The van der Waals surface area contributed by atoms with Gasteiger partial charge in [0.15, 0.2) is 0 Å². The summed E-state index contributed by atoms with van der Waals surface area (Å²) in [7, 11) is 1.93. The van der Waals surface area contributed by atoms with Crippen molar-refractivity contribution in [3.05, 3.63) is 29.3 Å². The van der Waals surface area contributed by atoms with Crippen molar-refractivity contribution in [2.24, 2.45) is 0 Å². The highest BCUT2D eigenvalue weighted by molar-refractivity contribution is 6.01. The van der Waals surface area contributed by atoms with Gasteiger partial charge in [-0.05, 0) is 37.2 Å². The van der Waals surface area contributed by atoms with E-state index in [0.717, 1.165) is 24.2 Å². The molecule has 0 saturated heterocycles. The van der Waals surface area contributed by atoms with E-state index in [-0.39, 0.29) is 12.5 Å². The van der Waals surface area contributed by atoms with Gasteiger partial charge >= 0.3 is 0 Å². The minimum atomic E-state index is 0.00663. The number of carbonyl (C=O) groups excluding carboxylic acids is 1. The number of carbonyl (C=O) groups is 1. The smallest absolute Gasteiger partial charge is 0.231 e. The van der Waals surface area contributed by atoms with E-state index in [9.17, 15) is 4.79 Å². The van der Waals surface area contributed by atoms with Crippen LogP contribution in [0.3, 0.4) is 0 Å². The van der Waals surface area contributed by atoms with Gasteiger partial charge in [-0.25, -0.2) is 0 Å². The highest BCUT2D eigenvalue weighted by Gasteiger charge is 2.26. The Hall–Kier alpha value is -1.39. The third-order valence-electron chi connectivity index (χ3n) is 3.06. The van der Waals surface area contributed by atoms with Gasteiger partial charge in [0.2, 0.25) is 5.91 Å². The molecule has 0 atom stereocenters. The molecule has 2 rings (SSSR count). The Kier molecular flexibility index (Phi) is 3.76. The van der Waals surface area contributed by atoms with Gasteiger partial charge < -0.3 is 15.3 Å². The van der Waals surface area contributed by atoms with Crippen molar-refractivity contribution in [2.75, 3.05) is 31.6 Å². The standard InChI is InChI=1S/C13H18N2O2/c1-14-5-4-10-2-3-12-11(8-10)9-13(17)15(12)6-7-16/h2-3,8,14,16H,4-7,9H2,1H3. The first-order valence-electron chi connectivity index (χ1n) is 5.94. The van der Waals surface area contributed by atoms with Crippen molar-refractivity contribution < 1.29 is 9.90 Å². The topological polar surface area (TPSA) is 52.6 Å². The summed E-state index contributed by atoms with van der Waals surface area (Å²) in [5.74, 6) is 0.0832. The van der Waals surface area contributed by atoms with E-state index in [1.165, 1.54) is 5.56 Å². The van der Waals surface area contributed by atoms with Crippen LogP contribution in [-0.4, -0.2) is 37.8 Å². The molecule has 1 aliphatic rings. The van der Waals surface area contributed by atoms with E-state index in [4.69, 9.17) is 5.11 Å². The van der Waals surface area contributed by atoms with Gasteiger partial charge in [-0.3, -0.25) is 4.79 Å². The second-order valence-corrected chi connectivity index (χ2v) is 4.26. The quantitative estimate of drug-likeness (QED) is 0.772. The number of nitrogens with one attached hydrogen (secondary N) is 1. The van der Waals surface area contributed by atoms with Crippen molar-refractivity contribution in [3.8, 4) is 0 Å². The number of nitrogens with zero attached hydrogens (tertiary/aromatic N) is 1. The van der Waals surface area contributed by atoms with Crippen molar-refractivity contribution in [3.63, 3.8) is 0 Å². The Morgan fingerprint density at radius 2 is 2.29 bits per heavy atom. The SMILES string of the molecule is CNCCc1ccc2c(c1)CC(=O)N2CCO. The van der Waals surface area contributed by atoms with Crippen LogP contribution >= 0.6 is 0 Å². The fraction of sp³-hybridized carbons (Fsp3) is 0.462. The Balaban J connectivity index is 2.18. The second kappa shape index (κ2) is 5.29. The van der Waals surface area contributed by atoms with E-state index in [1.807, 2.05) is 13.1 Å². The molecule has 1 heterocycles. The van der Waals surface area contributed by atoms with Crippen molar-refractivity contribution in [1.29, 1.82) is 0 Å². The number of amides is 1. The molecule has 1 aromatic carbocycles. The molecular formula is C13H18N2O2. The minimum absolute atomic E-state index is 0.00663. The van der Waals surface area contributed by atoms with Gasteiger partial charge in [0.05, 0.1) is 13.0 Å². The maximum Gasteiger partial charge on any atom is 0.231 e. The third-order valence-corrected chi connectivity index (χ3v) is 3.06. The number of fused-ring (bicyclic) bond motifs is 1. The summed E-state index contributed by atoms with van der Waals surface area (Å²) in [6.45, 7) is 1.33. The number of likely N-dealkylation sites (N-methyl/N-ethyl adjacent to an activating group) is 1. The molecule has 92 valence electrons. The van der Waals surface area contributed by atoms with E-state index in [1.54, 1.807) is 4.90 Å². The molecule has 0 radical (unpaired) electrons. The van der Waals surface area contributed by atoms with Crippen molar-refractivity contribution >= 4 is 11.6 Å². The summed E-state index contributed by atoms with van der Waals surface area (Å²) in [6.07, 6.45) is 1.43. The number of aliphatic hydroxyl groups is 1. The molecule has 0 bridgehead atoms. The maximum absolute atomic E-state index is 11.7. The molecule has 0 aliphatic carbocycles. The molecule has 0 unspecified atom stereocenters. The van der Waals surface area contributed by atoms with Crippen LogP contribution in [0.15, 0.2) is 18.2 Å². The van der Waals surface area contributed by atoms with Crippen LogP contribution in [0.2, 0.25) is 0 Å². The average molecular weight is 234 g/mol. The largest absolute Gasteiger partial charge is 0.395 e. The van der Waals surface area contributed by atoms with E-state index in [0.29, 0.717) is 13.0 Å². The minimum Gasteiger partial charge on any atom is -0.395 e. The molecule has 1 aliphatic heterocycles. The molecule has 4 nitrogen and oxygen atoms in total. The van der Waals surface area contributed by atoms with Gasteiger partial charge in [0.1, 0.15) is 0 Å². The zero-order chi connectivity index (χ0) is 12.3. The van der Waals surface area contributed by atoms with Crippen LogP contribution in [0, 0.1) is 0 Å². The summed E-state index contributed by atoms with van der Waals surface area (Å²) in [5, 5.41) is 12.0. The monoisotopic (exact) mass is 234 g/mol. The fourth-order valence-electron chi connectivity index (χ4n) is 2.21. The Morgan fingerprint density at radius 3 is 3.00 bits per heavy atom. The van der Waals surface area contributed by atoms with Crippen molar-refractivity contribution in [2.45, 2.75) is 12.8 Å². The number of hydrogen-bond acceptors (Lipinski definition) is 3. The van der Waals surface area contributed by atoms with Gasteiger partial charge in [0, 0.05) is 12.2 Å². The molecule has 1 amide bonds. The zero-order valence-electron chi connectivity index (χ0n) is 10.1. The zero-order valence-corrected chi connectivity index (χ0v) is 10.1. The lowest BCUT2D eigenvalue weighted by molar-refractivity contribution is -0.117. The molecule has 0 aromatic heterocycles. The van der Waals surface area contributed by atoms with Crippen molar-refractivity contribution in [1.82, 2.24) is 5.32 Å². The molecule has 2 N–H and O–H groups in total. The van der Waals surface area contributed by atoms with E-state index < -0.39 is 0 Å². The lowest BCUT2D eigenvalue weighted by Crippen LogP contribution is -2.29. The number of anilines is 1. The number of hydrogen-bond donors (Lipinski definition) is 2. The Labute approximate surface area is 101 Å². The molecule has 17 heavy (non-hydrogen) atoms. The summed E-state index contributed by atoms with van der Waals surface area (Å²) < 4.78 is 0. The second-order valence-electron chi connectivity index (χ2n) is 4.26. The predicted molar refractivity (Wildman–Crippen MR) is 67.2 cm³/mol. The summed E-state index contributed by atoms with van der Waals surface area (Å²) in [6, 6.07) is 6.14. The van der Waals surface area contributed by atoms with Crippen LogP contribution in [0.25, 0.3) is 0 Å². The summed E-state index contributed by atoms with van der Waals surface area (Å²) in [5.41, 5.74) is 3.28. The van der Waals surface area contributed by atoms with E-state index in [2.05, 4.69) is 17.4 Å². The van der Waals surface area contributed by atoms with Gasteiger partial charge in [-0.15, -0.1) is 0 Å².